The molecule has 8 heteroatoms. The highest BCUT2D eigenvalue weighted by molar-refractivity contribution is 6.04. The number of carbonyl (C=O) groups excluding carboxylic acids is 2. The maximum Gasteiger partial charge on any atom is 0.327 e. The number of hydrogen-bond acceptors (Lipinski definition) is 6. The van der Waals surface area contributed by atoms with Gasteiger partial charge in [-0.05, 0) is 25.0 Å². The summed E-state index contributed by atoms with van der Waals surface area (Å²) in [7, 11) is 0. The zero-order valence-corrected chi connectivity index (χ0v) is 13.0. The average molecular weight is 334 g/mol. The highest BCUT2D eigenvalue weighted by Crippen LogP contribution is 2.35. The largest absolute Gasteiger partial charge is 0.491 e. The number of hydrogen-bond donors (Lipinski definition) is 1. The lowest BCUT2D eigenvalue weighted by Crippen LogP contribution is -2.41. The summed E-state index contributed by atoms with van der Waals surface area (Å²) in [5.74, 6) is 1.54. The number of aliphatic hydroxyl groups is 1. The molecule has 0 aliphatic carbocycles. The van der Waals surface area contributed by atoms with Crippen LogP contribution < -0.4 is 14.2 Å². The summed E-state index contributed by atoms with van der Waals surface area (Å²) in [5.41, 5.74) is 0. The Morgan fingerprint density at radius 3 is 2.96 bits per heavy atom. The molecule has 3 amide bonds. The summed E-state index contributed by atoms with van der Waals surface area (Å²) in [4.78, 5) is 27.1. The van der Waals surface area contributed by atoms with Gasteiger partial charge in [0, 0.05) is 12.6 Å². The van der Waals surface area contributed by atoms with E-state index in [0.717, 1.165) is 11.3 Å². The van der Waals surface area contributed by atoms with Crippen molar-refractivity contribution in [2.45, 2.75) is 25.0 Å². The van der Waals surface area contributed by atoms with E-state index in [9.17, 15) is 14.7 Å². The van der Waals surface area contributed by atoms with Gasteiger partial charge in [0.05, 0.1) is 6.54 Å². The molecular formula is C16H18N2O6. The number of carbonyl (C=O) groups is 2. The van der Waals surface area contributed by atoms with Gasteiger partial charge in [-0.3, -0.25) is 9.69 Å². The van der Waals surface area contributed by atoms with Gasteiger partial charge in [0.2, 0.25) is 6.79 Å². The van der Waals surface area contributed by atoms with Crippen molar-refractivity contribution in [3.8, 4) is 17.2 Å². The first-order chi connectivity index (χ1) is 11.6. The van der Waals surface area contributed by atoms with Crippen molar-refractivity contribution in [1.29, 1.82) is 0 Å². The minimum Gasteiger partial charge on any atom is -0.491 e. The third kappa shape index (κ3) is 2.52. The number of nitrogens with zero attached hydrogens (tertiary/aromatic N) is 2. The molecule has 2 saturated heterocycles. The Labute approximate surface area is 138 Å². The van der Waals surface area contributed by atoms with Crippen molar-refractivity contribution in [2.24, 2.45) is 0 Å². The first kappa shape index (κ1) is 15.1. The number of imide groups is 1. The molecule has 2 atom stereocenters. The number of fused-ring (bicyclic) bond motifs is 2. The van der Waals surface area contributed by atoms with Crippen LogP contribution in [-0.4, -0.2) is 65.5 Å². The van der Waals surface area contributed by atoms with Crippen LogP contribution in [0, 0.1) is 0 Å². The molecule has 1 aromatic carbocycles. The van der Waals surface area contributed by atoms with E-state index in [1.54, 1.807) is 23.1 Å². The standard InChI is InChI=1S/C16H18N2O6/c19-10(7-18-15(20)12-2-1-5-17(12)16(18)21)8-22-11-3-4-13-14(6-11)24-9-23-13/h3-4,6,10,12,19H,1-2,5,7-9H2/t10-,12+/m0/s1. The van der Waals surface area contributed by atoms with Crippen molar-refractivity contribution >= 4 is 11.9 Å². The smallest absolute Gasteiger partial charge is 0.327 e. The van der Waals surface area contributed by atoms with Crippen LogP contribution in [0.1, 0.15) is 12.8 Å². The predicted octanol–water partition coefficient (Wildman–Crippen LogP) is 0.582. The number of aliphatic hydroxyl groups excluding tert-OH is 1. The molecule has 0 aromatic heterocycles. The van der Waals surface area contributed by atoms with E-state index >= 15 is 0 Å². The molecule has 0 bridgehead atoms. The van der Waals surface area contributed by atoms with Gasteiger partial charge in [-0.25, -0.2) is 4.79 Å². The Balaban J connectivity index is 1.33. The van der Waals surface area contributed by atoms with Crippen LogP contribution in [0.25, 0.3) is 0 Å². The lowest BCUT2D eigenvalue weighted by molar-refractivity contribution is -0.129. The van der Waals surface area contributed by atoms with Gasteiger partial charge >= 0.3 is 6.03 Å². The molecule has 3 aliphatic rings. The van der Waals surface area contributed by atoms with Crippen LogP contribution in [0.5, 0.6) is 17.2 Å². The Bertz CT molecular complexity index is 657. The Morgan fingerprint density at radius 1 is 1.29 bits per heavy atom. The number of rotatable bonds is 5. The second-order valence-corrected chi connectivity index (χ2v) is 6.06. The van der Waals surface area contributed by atoms with E-state index in [4.69, 9.17) is 14.2 Å². The van der Waals surface area contributed by atoms with Crippen LogP contribution in [-0.2, 0) is 4.79 Å². The van der Waals surface area contributed by atoms with Crippen LogP contribution in [0.15, 0.2) is 18.2 Å². The quantitative estimate of drug-likeness (QED) is 0.793. The second kappa shape index (κ2) is 5.86. The van der Waals surface area contributed by atoms with Gasteiger partial charge in [0.1, 0.15) is 24.5 Å². The van der Waals surface area contributed by atoms with E-state index < -0.39 is 6.10 Å². The summed E-state index contributed by atoms with van der Waals surface area (Å²) in [6.07, 6.45) is 0.597. The van der Waals surface area contributed by atoms with Crippen molar-refractivity contribution < 1.29 is 28.9 Å². The fourth-order valence-corrected chi connectivity index (χ4v) is 3.27. The first-order valence-electron chi connectivity index (χ1n) is 7.96. The summed E-state index contributed by atoms with van der Waals surface area (Å²) < 4.78 is 16.0. The Kier molecular flexibility index (Phi) is 3.68. The molecule has 1 N–H and O–H groups in total. The normalized spacial score (nSPS) is 23.0. The molecule has 128 valence electrons. The molecule has 3 aliphatic heterocycles. The molecule has 3 heterocycles. The molecule has 0 spiro atoms. The maximum absolute atomic E-state index is 12.2. The zero-order valence-electron chi connectivity index (χ0n) is 13.0. The fourth-order valence-electron chi connectivity index (χ4n) is 3.27. The second-order valence-electron chi connectivity index (χ2n) is 6.06. The lowest BCUT2D eigenvalue weighted by Gasteiger charge is -2.19. The summed E-state index contributed by atoms with van der Waals surface area (Å²) in [6.45, 7) is 0.699. The zero-order chi connectivity index (χ0) is 16.7. The van der Waals surface area contributed by atoms with Gasteiger partial charge < -0.3 is 24.2 Å². The van der Waals surface area contributed by atoms with E-state index in [1.165, 1.54) is 0 Å². The Morgan fingerprint density at radius 2 is 2.12 bits per heavy atom. The molecule has 1 aromatic rings. The molecule has 24 heavy (non-hydrogen) atoms. The van der Waals surface area contributed by atoms with Crippen LogP contribution >= 0.6 is 0 Å². The van der Waals surface area contributed by atoms with Crippen LogP contribution in [0.4, 0.5) is 4.79 Å². The Hall–Kier alpha value is -2.48. The average Bonchev–Trinajstić information content (AvgIpc) is 3.28. The predicted molar refractivity (Wildman–Crippen MR) is 80.9 cm³/mol. The molecular weight excluding hydrogens is 316 g/mol. The van der Waals surface area contributed by atoms with Crippen molar-refractivity contribution in [3.63, 3.8) is 0 Å². The van der Waals surface area contributed by atoms with E-state index in [1.807, 2.05) is 0 Å². The van der Waals surface area contributed by atoms with Crippen molar-refractivity contribution in [3.05, 3.63) is 18.2 Å². The van der Waals surface area contributed by atoms with E-state index in [2.05, 4.69) is 0 Å². The molecule has 4 rings (SSSR count). The van der Waals surface area contributed by atoms with E-state index in [0.29, 0.717) is 30.2 Å². The number of ether oxygens (including phenoxy) is 3. The van der Waals surface area contributed by atoms with Crippen molar-refractivity contribution in [2.75, 3.05) is 26.5 Å². The lowest BCUT2D eigenvalue weighted by atomic mass is 10.2. The first-order valence-corrected chi connectivity index (χ1v) is 7.96. The van der Waals surface area contributed by atoms with Gasteiger partial charge in [-0.2, -0.15) is 0 Å². The summed E-state index contributed by atoms with van der Waals surface area (Å²) in [5, 5.41) is 10.1. The SMILES string of the molecule is O=C1[C@H]2CCCN2C(=O)N1C[C@H](O)COc1ccc2c(c1)OCO2. The molecule has 2 fully saturated rings. The number of urea groups is 1. The van der Waals surface area contributed by atoms with E-state index in [-0.39, 0.29) is 37.9 Å². The number of β-amino-alcohol motifs (C(OH)–C–C–N with tert-alkyl or cyclic N) is 1. The monoisotopic (exact) mass is 334 g/mol. The van der Waals surface area contributed by atoms with Gasteiger partial charge in [0.25, 0.3) is 5.91 Å². The minimum atomic E-state index is -0.955. The number of benzene rings is 1. The van der Waals surface area contributed by atoms with Crippen LogP contribution in [0.2, 0.25) is 0 Å². The maximum atomic E-state index is 12.2. The topological polar surface area (TPSA) is 88.5 Å². The van der Waals surface area contributed by atoms with Crippen molar-refractivity contribution in [1.82, 2.24) is 9.80 Å². The third-order valence-electron chi connectivity index (χ3n) is 4.46. The summed E-state index contributed by atoms with van der Waals surface area (Å²) >= 11 is 0. The fraction of sp³-hybridized carbons (Fsp3) is 0.500. The number of amides is 3. The summed E-state index contributed by atoms with van der Waals surface area (Å²) in [6, 6.07) is 4.45. The van der Waals surface area contributed by atoms with Gasteiger partial charge in [-0.15, -0.1) is 0 Å². The van der Waals surface area contributed by atoms with Crippen LogP contribution in [0.3, 0.4) is 0 Å². The molecule has 0 saturated carbocycles. The third-order valence-corrected chi connectivity index (χ3v) is 4.46. The molecule has 0 radical (unpaired) electrons. The van der Waals surface area contributed by atoms with Gasteiger partial charge in [-0.1, -0.05) is 0 Å². The highest BCUT2D eigenvalue weighted by atomic mass is 16.7. The van der Waals surface area contributed by atoms with Gasteiger partial charge in [0.15, 0.2) is 11.5 Å². The minimum absolute atomic E-state index is 0.0264. The molecule has 8 nitrogen and oxygen atoms in total. The molecule has 0 unspecified atom stereocenters. The highest BCUT2D eigenvalue weighted by Gasteiger charge is 2.47.